The molecule has 0 saturated heterocycles. The van der Waals surface area contributed by atoms with Crippen LogP contribution in [0.1, 0.15) is 15.9 Å². The number of carbonyl (C=O) groups is 1. The summed E-state index contributed by atoms with van der Waals surface area (Å²) in [5.74, 6) is -0.373. The molecule has 4 N–H and O–H groups in total. The minimum absolute atomic E-state index is 0.217. The zero-order valence-electron chi connectivity index (χ0n) is 11.3. The number of hydrogen-bond donors (Lipinski definition) is 2. The molecule has 6 nitrogen and oxygen atoms in total. The SMILES string of the molecule is NC(=O)c1c(Br)n(Cc2ccc(Cl)cc2)c2ncnc(N)c12. The Hall–Kier alpha value is -2.12. The maximum atomic E-state index is 11.7. The summed E-state index contributed by atoms with van der Waals surface area (Å²) in [5.41, 5.74) is 13.2. The van der Waals surface area contributed by atoms with Gasteiger partial charge >= 0.3 is 0 Å². The van der Waals surface area contributed by atoms with E-state index in [1.807, 2.05) is 16.7 Å². The molecule has 2 heterocycles. The van der Waals surface area contributed by atoms with Gasteiger partial charge in [-0.2, -0.15) is 0 Å². The molecule has 0 aliphatic rings. The molecule has 2 aromatic heterocycles. The fourth-order valence-corrected chi connectivity index (χ4v) is 3.12. The van der Waals surface area contributed by atoms with Gasteiger partial charge in [0.25, 0.3) is 5.91 Å². The number of rotatable bonds is 3. The molecule has 0 spiro atoms. The van der Waals surface area contributed by atoms with Gasteiger partial charge in [0.1, 0.15) is 22.4 Å². The lowest BCUT2D eigenvalue weighted by Crippen LogP contribution is -2.12. The van der Waals surface area contributed by atoms with Gasteiger partial charge < -0.3 is 16.0 Å². The molecular formula is C14H11BrClN5O. The third-order valence-corrected chi connectivity index (χ3v) is 4.38. The zero-order valence-corrected chi connectivity index (χ0v) is 13.6. The van der Waals surface area contributed by atoms with E-state index in [2.05, 4.69) is 25.9 Å². The molecule has 3 rings (SSSR count). The van der Waals surface area contributed by atoms with E-state index in [-0.39, 0.29) is 11.4 Å². The maximum Gasteiger partial charge on any atom is 0.252 e. The van der Waals surface area contributed by atoms with E-state index in [9.17, 15) is 4.79 Å². The fraction of sp³-hybridized carbons (Fsp3) is 0.0714. The van der Waals surface area contributed by atoms with Crippen LogP contribution in [0.5, 0.6) is 0 Å². The first-order valence-corrected chi connectivity index (χ1v) is 7.48. The molecule has 3 aromatic rings. The zero-order chi connectivity index (χ0) is 15.9. The standard InChI is InChI=1S/C14H11BrClN5O/c15-11-9(13(18)22)10-12(17)19-6-20-14(10)21(11)5-7-1-3-8(16)4-2-7/h1-4,6H,5H2,(H2,18,22)(H2,17,19,20). The van der Waals surface area contributed by atoms with Crippen molar-refractivity contribution in [3.8, 4) is 0 Å². The molecule has 1 amide bonds. The Labute approximate surface area is 139 Å². The first kappa shape index (κ1) is 14.8. The van der Waals surface area contributed by atoms with E-state index in [0.717, 1.165) is 5.56 Å². The summed E-state index contributed by atoms with van der Waals surface area (Å²) >= 11 is 9.31. The van der Waals surface area contributed by atoms with Crippen LogP contribution in [0.3, 0.4) is 0 Å². The second-order valence-electron chi connectivity index (χ2n) is 4.70. The molecule has 0 saturated carbocycles. The number of nitrogens with two attached hydrogens (primary N) is 2. The summed E-state index contributed by atoms with van der Waals surface area (Å²) in [4.78, 5) is 19.9. The van der Waals surface area contributed by atoms with E-state index in [0.29, 0.717) is 27.2 Å². The number of nitrogens with zero attached hydrogens (tertiary/aromatic N) is 3. The highest BCUT2D eigenvalue weighted by Gasteiger charge is 2.22. The van der Waals surface area contributed by atoms with E-state index in [1.54, 1.807) is 12.1 Å². The third kappa shape index (κ3) is 2.42. The fourth-order valence-electron chi connectivity index (χ4n) is 2.31. The van der Waals surface area contributed by atoms with E-state index >= 15 is 0 Å². The topological polar surface area (TPSA) is 99.8 Å². The highest BCUT2D eigenvalue weighted by molar-refractivity contribution is 9.10. The summed E-state index contributed by atoms with van der Waals surface area (Å²) < 4.78 is 2.34. The van der Waals surface area contributed by atoms with E-state index in [4.69, 9.17) is 23.1 Å². The number of primary amides is 1. The molecule has 22 heavy (non-hydrogen) atoms. The number of fused-ring (bicyclic) bond motifs is 1. The number of benzene rings is 1. The Kier molecular flexibility index (Phi) is 3.76. The maximum absolute atomic E-state index is 11.7. The van der Waals surface area contributed by atoms with Crippen molar-refractivity contribution < 1.29 is 4.79 Å². The Morgan fingerprint density at radius 2 is 1.95 bits per heavy atom. The van der Waals surface area contributed by atoms with Gasteiger partial charge in [-0.15, -0.1) is 0 Å². The van der Waals surface area contributed by atoms with Gasteiger partial charge in [0.05, 0.1) is 17.5 Å². The summed E-state index contributed by atoms with van der Waals surface area (Å²) in [6.45, 7) is 0.484. The first-order chi connectivity index (χ1) is 10.5. The predicted octanol–water partition coefficient (Wildman–Crippen LogP) is 2.58. The molecule has 0 unspecified atom stereocenters. The summed E-state index contributed by atoms with van der Waals surface area (Å²) in [6, 6.07) is 7.40. The highest BCUT2D eigenvalue weighted by Crippen LogP contribution is 2.32. The van der Waals surface area contributed by atoms with Crippen LogP contribution in [-0.4, -0.2) is 20.4 Å². The molecule has 0 aliphatic heterocycles. The molecule has 112 valence electrons. The quantitative estimate of drug-likeness (QED) is 0.729. The van der Waals surface area contributed by atoms with Crippen molar-refractivity contribution in [2.24, 2.45) is 5.73 Å². The summed E-state index contributed by atoms with van der Waals surface area (Å²) in [7, 11) is 0. The van der Waals surface area contributed by atoms with Gasteiger partial charge in [-0.05, 0) is 33.6 Å². The van der Waals surface area contributed by atoms with Crippen LogP contribution in [0.4, 0.5) is 5.82 Å². The summed E-state index contributed by atoms with van der Waals surface area (Å²) in [6.07, 6.45) is 1.35. The predicted molar refractivity (Wildman–Crippen MR) is 88.7 cm³/mol. The van der Waals surface area contributed by atoms with E-state index in [1.165, 1.54) is 6.33 Å². The van der Waals surface area contributed by atoms with Gasteiger partial charge in [-0.1, -0.05) is 23.7 Å². The molecule has 0 fully saturated rings. The third-order valence-electron chi connectivity index (χ3n) is 3.31. The molecule has 8 heteroatoms. The van der Waals surface area contributed by atoms with Crippen LogP contribution < -0.4 is 11.5 Å². The molecule has 0 bridgehead atoms. The summed E-state index contributed by atoms with van der Waals surface area (Å²) in [5, 5.41) is 1.11. The van der Waals surface area contributed by atoms with Crippen molar-refractivity contribution in [3.63, 3.8) is 0 Å². The lowest BCUT2D eigenvalue weighted by Gasteiger charge is -2.07. The minimum Gasteiger partial charge on any atom is -0.383 e. The Balaban J connectivity index is 2.21. The smallest absolute Gasteiger partial charge is 0.252 e. The van der Waals surface area contributed by atoms with Crippen LogP contribution >= 0.6 is 27.5 Å². The van der Waals surface area contributed by atoms with Gasteiger partial charge in [0.2, 0.25) is 0 Å². The number of amides is 1. The number of anilines is 1. The van der Waals surface area contributed by atoms with Gasteiger partial charge in [-0.25, -0.2) is 9.97 Å². The number of hydrogen-bond acceptors (Lipinski definition) is 4. The van der Waals surface area contributed by atoms with Crippen molar-refractivity contribution in [2.45, 2.75) is 6.54 Å². The molecular weight excluding hydrogens is 370 g/mol. The van der Waals surface area contributed by atoms with Gasteiger partial charge in [0.15, 0.2) is 0 Å². The lowest BCUT2D eigenvalue weighted by atomic mass is 10.2. The van der Waals surface area contributed by atoms with Gasteiger partial charge in [0, 0.05) is 5.02 Å². The molecule has 0 aliphatic carbocycles. The monoisotopic (exact) mass is 379 g/mol. The molecule has 1 aromatic carbocycles. The Morgan fingerprint density at radius 1 is 1.27 bits per heavy atom. The van der Waals surface area contributed by atoms with Crippen LogP contribution in [0.15, 0.2) is 35.2 Å². The Bertz CT molecular complexity index is 875. The van der Waals surface area contributed by atoms with Crippen LogP contribution in [0, 0.1) is 0 Å². The van der Waals surface area contributed by atoms with Crippen LogP contribution in [-0.2, 0) is 6.54 Å². The largest absolute Gasteiger partial charge is 0.383 e. The van der Waals surface area contributed by atoms with Crippen molar-refractivity contribution in [1.29, 1.82) is 0 Å². The van der Waals surface area contributed by atoms with Crippen LogP contribution in [0.2, 0.25) is 5.02 Å². The van der Waals surface area contributed by atoms with Crippen molar-refractivity contribution in [2.75, 3.05) is 5.73 Å². The van der Waals surface area contributed by atoms with Gasteiger partial charge in [-0.3, -0.25) is 4.79 Å². The second-order valence-corrected chi connectivity index (χ2v) is 5.89. The first-order valence-electron chi connectivity index (χ1n) is 6.31. The van der Waals surface area contributed by atoms with Crippen molar-refractivity contribution in [3.05, 3.63) is 51.3 Å². The average Bonchev–Trinajstić information content (AvgIpc) is 2.76. The van der Waals surface area contributed by atoms with Crippen molar-refractivity contribution >= 4 is 50.3 Å². The minimum atomic E-state index is -0.590. The normalized spacial score (nSPS) is 11.0. The van der Waals surface area contributed by atoms with Crippen molar-refractivity contribution in [1.82, 2.24) is 14.5 Å². The number of nitrogen functional groups attached to an aromatic ring is 1. The van der Waals surface area contributed by atoms with E-state index < -0.39 is 5.91 Å². The Morgan fingerprint density at radius 3 is 2.59 bits per heavy atom. The number of aromatic nitrogens is 3. The van der Waals surface area contributed by atoms with Crippen LogP contribution in [0.25, 0.3) is 11.0 Å². The highest BCUT2D eigenvalue weighted by atomic mass is 79.9. The molecule has 0 radical (unpaired) electrons. The molecule has 0 atom stereocenters. The number of carbonyl (C=O) groups excluding carboxylic acids is 1. The average molecular weight is 381 g/mol. The lowest BCUT2D eigenvalue weighted by molar-refractivity contribution is 0.100. The number of halogens is 2. The second kappa shape index (κ2) is 5.58.